The van der Waals surface area contributed by atoms with Gasteiger partial charge in [-0.2, -0.15) is 4.39 Å². The molecule has 0 aromatic heterocycles. The summed E-state index contributed by atoms with van der Waals surface area (Å²) < 4.78 is 54.0. The molecule has 1 N–H and O–H groups in total. The first-order valence-electron chi connectivity index (χ1n) is 5.78. The summed E-state index contributed by atoms with van der Waals surface area (Å²) in [6, 6.07) is 1.65. The average Bonchev–Trinajstić information content (AvgIpc) is 2.27. The SMILES string of the molecule is CC(C)(C)NC(=O)COc1ccc(S(=O)(=O)Cl)c(F)c1F. The fraction of sp³-hybridized carbons (Fsp3) is 0.417. The second-order valence-corrected chi connectivity index (χ2v) is 7.75. The van der Waals surface area contributed by atoms with Gasteiger partial charge in [0.15, 0.2) is 18.2 Å². The smallest absolute Gasteiger partial charge is 0.264 e. The van der Waals surface area contributed by atoms with Crippen LogP contribution in [0.1, 0.15) is 20.8 Å². The lowest BCUT2D eigenvalue weighted by molar-refractivity contribution is -0.124. The minimum atomic E-state index is -4.41. The standard InChI is InChI=1S/C12H14ClF2NO4S/c1-12(2,3)16-9(17)6-20-7-4-5-8(21(13,18)19)11(15)10(7)14/h4-5H,6H2,1-3H3,(H,16,17). The van der Waals surface area contributed by atoms with E-state index in [1.807, 2.05) is 0 Å². The zero-order valence-corrected chi connectivity index (χ0v) is 13.1. The third-order valence-electron chi connectivity index (χ3n) is 2.15. The number of nitrogens with one attached hydrogen (secondary N) is 1. The lowest BCUT2D eigenvalue weighted by Crippen LogP contribution is -2.43. The van der Waals surface area contributed by atoms with Gasteiger partial charge in [0, 0.05) is 16.2 Å². The van der Waals surface area contributed by atoms with Crippen molar-refractivity contribution in [2.75, 3.05) is 6.61 Å². The number of amides is 1. The minimum absolute atomic E-state index is 0.499. The maximum Gasteiger partial charge on any atom is 0.264 e. The molecule has 21 heavy (non-hydrogen) atoms. The van der Waals surface area contributed by atoms with Gasteiger partial charge in [0.05, 0.1) is 0 Å². The Kier molecular flexibility index (Phi) is 5.16. The van der Waals surface area contributed by atoms with Crippen molar-refractivity contribution in [3.05, 3.63) is 23.8 Å². The van der Waals surface area contributed by atoms with E-state index < -0.39 is 49.4 Å². The number of hydrogen-bond donors (Lipinski definition) is 1. The van der Waals surface area contributed by atoms with Crippen LogP contribution in [0.4, 0.5) is 8.78 Å². The molecule has 0 spiro atoms. The van der Waals surface area contributed by atoms with E-state index >= 15 is 0 Å². The van der Waals surface area contributed by atoms with Crippen LogP contribution in [0.3, 0.4) is 0 Å². The maximum absolute atomic E-state index is 13.6. The van der Waals surface area contributed by atoms with Crippen molar-refractivity contribution in [2.24, 2.45) is 0 Å². The van der Waals surface area contributed by atoms with E-state index in [1.165, 1.54) is 0 Å². The Labute approximate surface area is 125 Å². The minimum Gasteiger partial charge on any atom is -0.481 e. The first-order valence-corrected chi connectivity index (χ1v) is 8.09. The molecule has 1 aromatic rings. The average molecular weight is 342 g/mol. The molecule has 1 rings (SSSR count). The highest BCUT2D eigenvalue weighted by atomic mass is 35.7. The van der Waals surface area contributed by atoms with Crippen LogP contribution in [0.25, 0.3) is 0 Å². The van der Waals surface area contributed by atoms with Crippen LogP contribution < -0.4 is 10.1 Å². The Bertz CT molecular complexity index is 656. The van der Waals surface area contributed by atoms with Crippen molar-refractivity contribution < 1.29 is 26.7 Å². The van der Waals surface area contributed by atoms with Crippen LogP contribution in [0.2, 0.25) is 0 Å². The first-order chi connectivity index (χ1) is 9.42. The maximum atomic E-state index is 13.6. The van der Waals surface area contributed by atoms with Gasteiger partial charge in [0.1, 0.15) is 4.90 Å². The highest BCUT2D eigenvalue weighted by Gasteiger charge is 2.23. The van der Waals surface area contributed by atoms with Gasteiger partial charge in [0.25, 0.3) is 15.0 Å². The lowest BCUT2D eigenvalue weighted by Gasteiger charge is -2.20. The van der Waals surface area contributed by atoms with E-state index in [9.17, 15) is 22.0 Å². The molecule has 5 nitrogen and oxygen atoms in total. The molecule has 0 fully saturated rings. The summed E-state index contributed by atoms with van der Waals surface area (Å²) in [4.78, 5) is 10.5. The van der Waals surface area contributed by atoms with E-state index in [-0.39, 0.29) is 0 Å². The third kappa shape index (κ3) is 5.13. The zero-order valence-electron chi connectivity index (χ0n) is 11.5. The van der Waals surface area contributed by atoms with Crippen LogP contribution in [0.5, 0.6) is 5.75 Å². The second-order valence-electron chi connectivity index (χ2n) is 5.21. The van der Waals surface area contributed by atoms with Gasteiger partial charge in [-0.05, 0) is 32.9 Å². The molecule has 0 bridgehead atoms. The molecule has 0 aliphatic heterocycles. The van der Waals surface area contributed by atoms with Gasteiger partial charge >= 0.3 is 0 Å². The number of hydrogen-bond acceptors (Lipinski definition) is 4. The summed E-state index contributed by atoms with van der Waals surface area (Å²) in [5.74, 6) is -4.30. The topological polar surface area (TPSA) is 72.5 Å². The van der Waals surface area contributed by atoms with Gasteiger partial charge in [-0.3, -0.25) is 4.79 Å². The Morgan fingerprint density at radius 1 is 1.29 bits per heavy atom. The summed E-state index contributed by atoms with van der Waals surface area (Å²) >= 11 is 0. The van der Waals surface area contributed by atoms with Crippen molar-refractivity contribution in [1.29, 1.82) is 0 Å². The van der Waals surface area contributed by atoms with Crippen LogP contribution in [0, 0.1) is 11.6 Å². The molecular formula is C12H14ClF2NO4S. The Morgan fingerprint density at radius 2 is 1.86 bits per heavy atom. The Hall–Kier alpha value is -1.41. The molecule has 0 aliphatic carbocycles. The molecule has 118 valence electrons. The molecule has 0 heterocycles. The number of carbonyl (C=O) groups excluding carboxylic acids is 1. The van der Waals surface area contributed by atoms with Crippen molar-refractivity contribution in [1.82, 2.24) is 5.32 Å². The van der Waals surface area contributed by atoms with Crippen molar-refractivity contribution in [3.8, 4) is 5.75 Å². The molecule has 0 saturated heterocycles. The number of benzene rings is 1. The summed E-state index contributed by atoms with van der Waals surface area (Å²) in [6.07, 6.45) is 0. The van der Waals surface area contributed by atoms with E-state index in [0.717, 1.165) is 12.1 Å². The molecule has 0 saturated carbocycles. The van der Waals surface area contributed by atoms with Gasteiger partial charge in [-0.1, -0.05) is 0 Å². The highest BCUT2D eigenvalue weighted by molar-refractivity contribution is 8.13. The molecule has 9 heteroatoms. The van der Waals surface area contributed by atoms with Crippen molar-refractivity contribution >= 4 is 25.6 Å². The van der Waals surface area contributed by atoms with E-state index in [1.54, 1.807) is 20.8 Å². The summed E-state index contributed by atoms with van der Waals surface area (Å²) in [5.41, 5.74) is -0.499. The molecule has 0 unspecified atom stereocenters. The number of carbonyl (C=O) groups is 1. The van der Waals surface area contributed by atoms with E-state index in [2.05, 4.69) is 5.32 Å². The van der Waals surface area contributed by atoms with Gasteiger partial charge < -0.3 is 10.1 Å². The number of rotatable bonds is 4. The zero-order chi connectivity index (χ0) is 16.4. The fourth-order valence-corrected chi connectivity index (χ4v) is 2.30. The predicted octanol–water partition coefficient (Wildman–Crippen LogP) is 2.19. The fourth-order valence-electron chi connectivity index (χ4n) is 1.41. The molecule has 1 aromatic carbocycles. The lowest BCUT2D eigenvalue weighted by atomic mass is 10.1. The van der Waals surface area contributed by atoms with Crippen molar-refractivity contribution in [2.45, 2.75) is 31.2 Å². The van der Waals surface area contributed by atoms with Crippen LogP contribution in [-0.2, 0) is 13.8 Å². The molecule has 0 radical (unpaired) electrons. The second kappa shape index (κ2) is 6.15. The Morgan fingerprint density at radius 3 is 2.33 bits per heavy atom. The predicted molar refractivity (Wildman–Crippen MR) is 72.8 cm³/mol. The molecular weight excluding hydrogens is 328 g/mol. The van der Waals surface area contributed by atoms with Crippen LogP contribution in [-0.4, -0.2) is 26.5 Å². The molecule has 1 amide bonds. The summed E-state index contributed by atoms with van der Waals surface area (Å²) in [5, 5.41) is 2.56. The van der Waals surface area contributed by atoms with Gasteiger partial charge in [-0.15, -0.1) is 0 Å². The van der Waals surface area contributed by atoms with Gasteiger partial charge in [0.2, 0.25) is 5.82 Å². The Balaban J connectivity index is 2.88. The van der Waals surface area contributed by atoms with E-state index in [0.29, 0.717) is 0 Å². The highest BCUT2D eigenvalue weighted by Crippen LogP contribution is 2.27. The quantitative estimate of drug-likeness (QED) is 0.852. The van der Waals surface area contributed by atoms with Crippen LogP contribution in [0.15, 0.2) is 17.0 Å². The molecule has 0 atom stereocenters. The largest absolute Gasteiger partial charge is 0.481 e. The van der Waals surface area contributed by atoms with Crippen LogP contribution >= 0.6 is 10.7 Å². The normalized spacial score (nSPS) is 12.1. The van der Waals surface area contributed by atoms with E-state index in [4.69, 9.17) is 15.4 Å². The summed E-state index contributed by atoms with van der Waals surface area (Å²) in [7, 11) is 0.543. The van der Waals surface area contributed by atoms with Gasteiger partial charge in [-0.25, -0.2) is 12.8 Å². The number of halogens is 3. The number of ether oxygens (including phenoxy) is 1. The third-order valence-corrected chi connectivity index (χ3v) is 3.49. The molecule has 0 aliphatic rings. The first kappa shape index (κ1) is 17.6. The monoisotopic (exact) mass is 341 g/mol. The summed E-state index contributed by atoms with van der Waals surface area (Å²) in [6.45, 7) is 4.68. The van der Waals surface area contributed by atoms with Crippen molar-refractivity contribution in [3.63, 3.8) is 0 Å².